The highest BCUT2D eigenvalue weighted by Crippen LogP contribution is 2.15. The van der Waals surface area contributed by atoms with Crippen molar-refractivity contribution in [1.29, 1.82) is 0 Å². The fourth-order valence-electron chi connectivity index (χ4n) is 1.69. The Labute approximate surface area is 131 Å². The highest BCUT2D eigenvalue weighted by atomic mass is 16.6. The van der Waals surface area contributed by atoms with Gasteiger partial charge in [0.05, 0.1) is 0 Å². The average molecular weight is 307 g/mol. The van der Waals surface area contributed by atoms with Gasteiger partial charge in [0.15, 0.2) is 0 Å². The molecule has 0 spiro atoms. The SMILES string of the molecule is Cc1ccc(C)c(NC(=O)NCCNC(=O)OC(C)(C)C)c1. The summed E-state index contributed by atoms with van der Waals surface area (Å²) in [6.07, 6.45) is -0.496. The number of anilines is 1. The molecule has 0 unspecified atom stereocenters. The molecule has 6 heteroatoms. The van der Waals surface area contributed by atoms with Crippen molar-refractivity contribution in [3.63, 3.8) is 0 Å². The van der Waals surface area contributed by atoms with Crippen LogP contribution in [0.5, 0.6) is 0 Å². The molecule has 0 aliphatic heterocycles. The first-order valence-electron chi connectivity index (χ1n) is 7.26. The summed E-state index contributed by atoms with van der Waals surface area (Å²) < 4.78 is 5.09. The Morgan fingerprint density at radius 1 is 1.09 bits per heavy atom. The maximum atomic E-state index is 11.8. The van der Waals surface area contributed by atoms with Crippen molar-refractivity contribution in [3.05, 3.63) is 29.3 Å². The second-order valence-electron chi connectivity index (χ2n) is 6.13. The lowest BCUT2D eigenvalue weighted by molar-refractivity contribution is 0.0528. The summed E-state index contributed by atoms with van der Waals surface area (Å²) in [5.74, 6) is 0. The highest BCUT2D eigenvalue weighted by molar-refractivity contribution is 5.90. The number of rotatable bonds is 4. The van der Waals surface area contributed by atoms with Crippen molar-refractivity contribution < 1.29 is 14.3 Å². The van der Waals surface area contributed by atoms with E-state index in [4.69, 9.17) is 4.74 Å². The maximum absolute atomic E-state index is 11.8. The van der Waals surface area contributed by atoms with E-state index in [9.17, 15) is 9.59 Å². The van der Waals surface area contributed by atoms with Crippen LogP contribution in [0.15, 0.2) is 18.2 Å². The second-order valence-corrected chi connectivity index (χ2v) is 6.13. The van der Waals surface area contributed by atoms with Crippen LogP contribution in [0.1, 0.15) is 31.9 Å². The summed E-state index contributed by atoms with van der Waals surface area (Å²) in [6.45, 7) is 9.89. The third-order valence-electron chi connectivity index (χ3n) is 2.72. The lowest BCUT2D eigenvalue weighted by Crippen LogP contribution is -2.39. The molecule has 122 valence electrons. The largest absolute Gasteiger partial charge is 0.444 e. The number of benzene rings is 1. The Kier molecular flexibility index (Phi) is 6.22. The van der Waals surface area contributed by atoms with Crippen LogP contribution in [0.4, 0.5) is 15.3 Å². The molecule has 1 aromatic carbocycles. The van der Waals surface area contributed by atoms with E-state index < -0.39 is 11.7 Å². The molecular weight excluding hydrogens is 282 g/mol. The topological polar surface area (TPSA) is 79.5 Å². The Morgan fingerprint density at radius 3 is 2.36 bits per heavy atom. The summed E-state index contributed by atoms with van der Waals surface area (Å²) >= 11 is 0. The van der Waals surface area contributed by atoms with Crippen molar-refractivity contribution in [2.45, 2.75) is 40.2 Å². The van der Waals surface area contributed by atoms with Crippen molar-refractivity contribution in [1.82, 2.24) is 10.6 Å². The quantitative estimate of drug-likeness (QED) is 0.748. The average Bonchev–Trinajstić information content (AvgIpc) is 2.37. The van der Waals surface area contributed by atoms with Crippen LogP contribution in [0, 0.1) is 13.8 Å². The van der Waals surface area contributed by atoms with Gasteiger partial charge in [-0.1, -0.05) is 12.1 Å². The molecular formula is C16H25N3O3. The molecule has 1 aromatic rings. The zero-order valence-corrected chi connectivity index (χ0v) is 13.9. The normalized spacial score (nSPS) is 10.8. The van der Waals surface area contributed by atoms with Crippen LogP contribution in [0.25, 0.3) is 0 Å². The minimum absolute atomic E-state index is 0.301. The molecule has 0 saturated carbocycles. The molecule has 0 atom stereocenters. The molecule has 0 aromatic heterocycles. The van der Waals surface area contributed by atoms with Crippen molar-refractivity contribution >= 4 is 17.8 Å². The van der Waals surface area contributed by atoms with Crippen LogP contribution in [0.2, 0.25) is 0 Å². The maximum Gasteiger partial charge on any atom is 0.407 e. The van der Waals surface area contributed by atoms with Crippen LogP contribution >= 0.6 is 0 Å². The molecule has 0 radical (unpaired) electrons. The van der Waals surface area contributed by atoms with Crippen molar-refractivity contribution in [3.8, 4) is 0 Å². The summed E-state index contributed by atoms with van der Waals surface area (Å²) in [6, 6.07) is 5.55. The van der Waals surface area contributed by atoms with Gasteiger partial charge in [0.1, 0.15) is 5.60 Å². The van der Waals surface area contributed by atoms with Gasteiger partial charge in [0.25, 0.3) is 0 Å². The molecule has 0 saturated heterocycles. The first-order chi connectivity index (χ1) is 10.2. The van der Waals surface area contributed by atoms with E-state index in [-0.39, 0.29) is 6.03 Å². The van der Waals surface area contributed by atoms with E-state index in [0.717, 1.165) is 16.8 Å². The minimum Gasteiger partial charge on any atom is -0.444 e. The lowest BCUT2D eigenvalue weighted by Gasteiger charge is -2.19. The number of amides is 3. The first-order valence-corrected chi connectivity index (χ1v) is 7.26. The smallest absolute Gasteiger partial charge is 0.407 e. The molecule has 0 fully saturated rings. The van der Waals surface area contributed by atoms with Gasteiger partial charge in [0, 0.05) is 18.8 Å². The van der Waals surface area contributed by atoms with E-state index in [1.165, 1.54) is 0 Å². The third-order valence-corrected chi connectivity index (χ3v) is 2.72. The number of ether oxygens (including phenoxy) is 1. The minimum atomic E-state index is -0.530. The zero-order valence-electron chi connectivity index (χ0n) is 13.9. The Balaban J connectivity index is 2.29. The predicted molar refractivity (Wildman–Crippen MR) is 87.2 cm³/mol. The second kappa shape index (κ2) is 7.68. The molecule has 0 bridgehead atoms. The molecule has 22 heavy (non-hydrogen) atoms. The van der Waals surface area contributed by atoms with Gasteiger partial charge in [0.2, 0.25) is 0 Å². The van der Waals surface area contributed by atoms with Crippen LogP contribution in [-0.2, 0) is 4.74 Å². The summed E-state index contributed by atoms with van der Waals surface area (Å²) in [7, 11) is 0. The van der Waals surface area contributed by atoms with Crippen LogP contribution < -0.4 is 16.0 Å². The lowest BCUT2D eigenvalue weighted by atomic mass is 10.1. The van der Waals surface area contributed by atoms with Gasteiger partial charge < -0.3 is 20.7 Å². The number of urea groups is 1. The monoisotopic (exact) mass is 307 g/mol. The van der Waals surface area contributed by atoms with Crippen LogP contribution in [0.3, 0.4) is 0 Å². The van der Waals surface area contributed by atoms with E-state index in [2.05, 4.69) is 16.0 Å². The Bertz CT molecular complexity index is 536. The number of carbonyl (C=O) groups is 2. The fraction of sp³-hybridized carbons (Fsp3) is 0.500. The Hall–Kier alpha value is -2.24. The molecule has 3 amide bonds. The standard InChI is InChI=1S/C16H25N3O3/c1-11-6-7-12(2)13(10-11)19-14(20)17-8-9-18-15(21)22-16(3,4)5/h6-7,10H,8-9H2,1-5H3,(H,18,21)(H2,17,19,20). The first kappa shape index (κ1) is 17.8. The van der Waals surface area contributed by atoms with E-state index in [1.807, 2.05) is 32.0 Å². The van der Waals surface area contributed by atoms with Crippen molar-refractivity contribution in [2.24, 2.45) is 0 Å². The molecule has 0 aliphatic carbocycles. The Morgan fingerprint density at radius 2 is 1.73 bits per heavy atom. The van der Waals surface area contributed by atoms with E-state index in [1.54, 1.807) is 20.8 Å². The van der Waals surface area contributed by atoms with Crippen LogP contribution in [-0.4, -0.2) is 30.8 Å². The molecule has 0 heterocycles. The fourth-order valence-corrected chi connectivity index (χ4v) is 1.69. The van der Waals surface area contributed by atoms with Gasteiger partial charge in [-0.3, -0.25) is 0 Å². The number of alkyl carbamates (subject to hydrolysis) is 1. The van der Waals surface area contributed by atoms with Crippen molar-refractivity contribution in [2.75, 3.05) is 18.4 Å². The number of hydrogen-bond donors (Lipinski definition) is 3. The van der Waals surface area contributed by atoms with Gasteiger partial charge in [-0.05, 0) is 51.8 Å². The number of carbonyl (C=O) groups excluding carboxylic acids is 2. The summed E-state index contributed by atoms with van der Waals surface area (Å²) in [4.78, 5) is 23.2. The highest BCUT2D eigenvalue weighted by Gasteiger charge is 2.15. The van der Waals surface area contributed by atoms with Gasteiger partial charge in [-0.15, -0.1) is 0 Å². The van der Waals surface area contributed by atoms with Gasteiger partial charge >= 0.3 is 12.1 Å². The van der Waals surface area contributed by atoms with E-state index >= 15 is 0 Å². The molecule has 3 N–H and O–H groups in total. The third kappa shape index (κ3) is 6.97. The number of nitrogens with one attached hydrogen (secondary N) is 3. The van der Waals surface area contributed by atoms with E-state index in [0.29, 0.717) is 13.1 Å². The zero-order chi connectivity index (χ0) is 16.8. The van der Waals surface area contributed by atoms with Gasteiger partial charge in [-0.2, -0.15) is 0 Å². The molecule has 6 nitrogen and oxygen atoms in total. The summed E-state index contributed by atoms with van der Waals surface area (Å²) in [5, 5.41) is 8.03. The number of hydrogen-bond acceptors (Lipinski definition) is 3. The molecule has 1 rings (SSSR count). The predicted octanol–water partition coefficient (Wildman–Crippen LogP) is 2.95. The summed E-state index contributed by atoms with van der Waals surface area (Å²) in [5.41, 5.74) is 2.31. The number of aryl methyl sites for hydroxylation is 2. The molecule has 0 aliphatic rings. The van der Waals surface area contributed by atoms with Gasteiger partial charge in [-0.25, -0.2) is 9.59 Å².